The number of aryl methyl sites for hydroxylation is 1. The average molecular weight is 406 g/mol. The number of aromatic nitrogens is 2. The summed E-state index contributed by atoms with van der Waals surface area (Å²) in [6.07, 6.45) is 10.9. The Morgan fingerprint density at radius 3 is 2.93 bits per heavy atom. The number of ether oxygens (including phenoxy) is 1. The molecule has 154 valence electrons. The maximum atomic E-state index is 12.9. The first-order valence-electron chi connectivity index (χ1n) is 10.1. The van der Waals surface area contributed by atoms with Crippen LogP contribution in [0.1, 0.15) is 54.7 Å². The summed E-state index contributed by atoms with van der Waals surface area (Å²) >= 11 is 1.70. The number of rotatable bonds is 9. The number of hydrogen-bond acceptors (Lipinski definition) is 5. The van der Waals surface area contributed by atoms with Crippen molar-refractivity contribution in [1.82, 2.24) is 14.7 Å². The van der Waals surface area contributed by atoms with Crippen LogP contribution in [0.15, 0.2) is 18.3 Å². The highest BCUT2D eigenvalue weighted by atomic mass is 32.2. The molecule has 28 heavy (non-hydrogen) atoms. The van der Waals surface area contributed by atoms with Gasteiger partial charge in [-0.1, -0.05) is 19.3 Å². The second kappa shape index (κ2) is 10.2. The highest BCUT2D eigenvalue weighted by Crippen LogP contribution is 2.27. The highest BCUT2D eigenvalue weighted by Gasteiger charge is 2.22. The van der Waals surface area contributed by atoms with Crippen LogP contribution in [0.25, 0.3) is 5.65 Å². The van der Waals surface area contributed by atoms with Crippen LogP contribution in [-0.2, 0) is 0 Å². The van der Waals surface area contributed by atoms with Crippen LogP contribution in [-0.4, -0.2) is 51.7 Å². The first-order chi connectivity index (χ1) is 13.6. The Kier molecular flexibility index (Phi) is 7.62. The van der Waals surface area contributed by atoms with E-state index in [1.807, 2.05) is 31.5 Å². The van der Waals surface area contributed by atoms with E-state index in [1.54, 1.807) is 16.2 Å². The van der Waals surface area contributed by atoms with Crippen LogP contribution in [0.3, 0.4) is 0 Å². The van der Waals surface area contributed by atoms with E-state index < -0.39 is 0 Å². The first kappa shape index (κ1) is 21.0. The molecule has 1 amide bonds. The molecule has 0 bridgehead atoms. The summed E-state index contributed by atoms with van der Waals surface area (Å²) in [7, 11) is 0. The summed E-state index contributed by atoms with van der Waals surface area (Å²) in [5.41, 5.74) is 1.83. The SMILES string of the molecule is CSCC[C@@H](CO)NC(=O)c1c(C)nc2c(OCC3CCCCC3)cccn12. The van der Waals surface area contributed by atoms with Gasteiger partial charge >= 0.3 is 0 Å². The summed E-state index contributed by atoms with van der Waals surface area (Å²) in [4.78, 5) is 17.5. The molecule has 0 spiro atoms. The monoisotopic (exact) mass is 405 g/mol. The molecule has 0 aromatic carbocycles. The number of hydrogen-bond donors (Lipinski definition) is 2. The largest absolute Gasteiger partial charge is 0.489 e. The predicted octanol–water partition coefficient (Wildman–Crippen LogP) is 3.45. The minimum absolute atomic E-state index is 0.0716. The van der Waals surface area contributed by atoms with Crippen molar-refractivity contribution in [1.29, 1.82) is 0 Å². The summed E-state index contributed by atoms with van der Waals surface area (Å²) in [5.74, 6) is 2.00. The van der Waals surface area contributed by atoms with Crippen molar-refractivity contribution in [3.05, 3.63) is 29.7 Å². The number of aliphatic hydroxyl groups excluding tert-OH is 1. The topological polar surface area (TPSA) is 75.9 Å². The minimum Gasteiger partial charge on any atom is -0.489 e. The van der Waals surface area contributed by atoms with Crippen LogP contribution < -0.4 is 10.1 Å². The zero-order valence-electron chi connectivity index (χ0n) is 16.8. The number of thioether (sulfide) groups is 1. The van der Waals surface area contributed by atoms with Crippen molar-refractivity contribution < 1.29 is 14.6 Å². The molecule has 2 heterocycles. The van der Waals surface area contributed by atoms with Gasteiger partial charge in [0.1, 0.15) is 5.69 Å². The molecule has 0 aliphatic heterocycles. The molecule has 6 nitrogen and oxygen atoms in total. The summed E-state index contributed by atoms with van der Waals surface area (Å²) in [6, 6.07) is 3.55. The third-order valence-electron chi connectivity index (χ3n) is 5.43. The Bertz CT molecular complexity index is 787. The van der Waals surface area contributed by atoms with Crippen LogP contribution >= 0.6 is 11.8 Å². The number of amides is 1. The molecule has 0 radical (unpaired) electrons. The number of fused-ring (bicyclic) bond motifs is 1. The van der Waals surface area contributed by atoms with Crippen LogP contribution in [0.4, 0.5) is 0 Å². The summed E-state index contributed by atoms with van der Waals surface area (Å²) in [5, 5.41) is 12.5. The van der Waals surface area contributed by atoms with Gasteiger partial charge in [-0.25, -0.2) is 4.98 Å². The lowest BCUT2D eigenvalue weighted by Crippen LogP contribution is -2.38. The third-order valence-corrected chi connectivity index (χ3v) is 6.07. The molecule has 1 aliphatic rings. The van der Waals surface area contributed by atoms with Crippen LogP contribution in [0, 0.1) is 12.8 Å². The maximum absolute atomic E-state index is 12.9. The van der Waals surface area contributed by atoms with E-state index in [1.165, 1.54) is 32.1 Å². The maximum Gasteiger partial charge on any atom is 0.270 e. The molecule has 1 aliphatic carbocycles. The Balaban J connectivity index is 1.76. The van der Waals surface area contributed by atoms with E-state index in [2.05, 4.69) is 10.3 Å². The van der Waals surface area contributed by atoms with E-state index in [4.69, 9.17) is 4.74 Å². The van der Waals surface area contributed by atoms with Crippen molar-refractivity contribution in [2.75, 3.05) is 25.2 Å². The fourth-order valence-corrected chi connectivity index (χ4v) is 4.35. The van der Waals surface area contributed by atoms with Gasteiger partial charge in [-0.3, -0.25) is 9.20 Å². The lowest BCUT2D eigenvalue weighted by atomic mass is 9.90. The number of nitrogens with zero attached hydrogens (tertiary/aromatic N) is 2. The van der Waals surface area contributed by atoms with Gasteiger partial charge in [0.05, 0.1) is 24.9 Å². The quantitative estimate of drug-likeness (QED) is 0.668. The average Bonchev–Trinajstić information content (AvgIpc) is 3.06. The van der Waals surface area contributed by atoms with Crippen LogP contribution in [0.2, 0.25) is 0 Å². The lowest BCUT2D eigenvalue weighted by molar-refractivity contribution is 0.0908. The van der Waals surface area contributed by atoms with E-state index in [-0.39, 0.29) is 18.6 Å². The number of nitrogens with one attached hydrogen (secondary N) is 1. The molecule has 0 saturated heterocycles. The highest BCUT2D eigenvalue weighted by molar-refractivity contribution is 7.98. The van der Waals surface area contributed by atoms with Crippen molar-refractivity contribution in [3.8, 4) is 5.75 Å². The second-order valence-electron chi connectivity index (χ2n) is 7.56. The van der Waals surface area contributed by atoms with Gasteiger partial charge in [0.15, 0.2) is 11.4 Å². The van der Waals surface area contributed by atoms with E-state index in [0.717, 1.165) is 17.9 Å². The number of imidazole rings is 1. The van der Waals surface area contributed by atoms with E-state index >= 15 is 0 Å². The molecular formula is C21H31N3O3S. The fourth-order valence-electron chi connectivity index (χ4n) is 3.83. The minimum atomic E-state index is -0.254. The molecule has 2 N–H and O–H groups in total. The molecular weight excluding hydrogens is 374 g/mol. The van der Waals surface area contributed by atoms with Gasteiger partial charge in [0.25, 0.3) is 5.91 Å². The van der Waals surface area contributed by atoms with Crippen molar-refractivity contribution in [3.63, 3.8) is 0 Å². The number of aliphatic hydroxyl groups is 1. The molecule has 3 rings (SSSR count). The van der Waals surface area contributed by atoms with E-state index in [0.29, 0.717) is 29.6 Å². The van der Waals surface area contributed by atoms with Gasteiger partial charge < -0.3 is 15.2 Å². The van der Waals surface area contributed by atoms with Crippen molar-refractivity contribution in [2.24, 2.45) is 5.92 Å². The van der Waals surface area contributed by atoms with Crippen molar-refractivity contribution >= 4 is 23.3 Å². The van der Waals surface area contributed by atoms with Crippen molar-refractivity contribution in [2.45, 2.75) is 51.5 Å². The zero-order chi connectivity index (χ0) is 19.9. The standard InChI is InChI=1S/C21H31N3O3S/c1-15-19(21(26)23-17(13-25)10-12-28-2)24-11-6-9-18(20(24)22-15)27-14-16-7-4-3-5-8-16/h6,9,11,16-17,25H,3-5,7-8,10,12-14H2,1-2H3,(H,23,26)/t17-/m0/s1. The van der Waals surface area contributed by atoms with Gasteiger partial charge in [0.2, 0.25) is 0 Å². The van der Waals surface area contributed by atoms with Gasteiger partial charge in [0, 0.05) is 6.20 Å². The van der Waals surface area contributed by atoms with Gasteiger partial charge in [-0.2, -0.15) is 11.8 Å². The molecule has 1 atom stereocenters. The molecule has 0 unspecified atom stereocenters. The molecule has 2 aromatic rings. The van der Waals surface area contributed by atoms with E-state index in [9.17, 15) is 9.90 Å². The molecule has 1 fully saturated rings. The third kappa shape index (κ3) is 5.00. The molecule has 1 saturated carbocycles. The van der Waals surface area contributed by atoms with Gasteiger partial charge in [-0.05, 0) is 56.2 Å². The second-order valence-corrected chi connectivity index (χ2v) is 8.55. The van der Waals surface area contributed by atoms with Crippen LogP contribution in [0.5, 0.6) is 5.75 Å². The van der Waals surface area contributed by atoms with Gasteiger partial charge in [-0.15, -0.1) is 0 Å². The Morgan fingerprint density at radius 1 is 1.43 bits per heavy atom. The molecule has 2 aromatic heterocycles. The molecule has 7 heteroatoms. The summed E-state index contributed by atoms with van der Waals surface area (Å²) in [6.45, 7) is 2.47. The lowest BCUT2D eigenvalue weighted by Gasteiger charge is -2.21. The Labute approximate surface area is 171 Å². The normalized spacial score (nSPS) is 16.2. The Hall–Kier alpha value is -1.73. The Morgan fingerprint density at radius 2 is 2.21 bits per heavy atom. The smallest absolute Gasteiger partial charge is 0.270 e. The number of carbonyl (C=O) groups excluding carboxylic acids is 1. The first-order valence-corrected chi connectivity index (χ1v) is 11.5. The summed E-state index contributed by atoms with van der Waals surface area (Å²) < 4.78 is 7.90. The fraction of sp³-hybridized carbons (Fsp3) is 0.619. The predicted molar refractivity (Wildman–Crippen MR) is 113 cm³/mol. The number of pyridine rings is 1. The zero-order valence-corrected chi connectivity index (χ0v) is 17.6. The number of carbonyl (C=O) groups is 1.